The normalized spacial score (nSPS) is 11.1. The Labute approximate surface area is 165 Å². The van der Waals surface area contributed by atoms with Crippen LogP contribution in [0.2, 0.25) is 5.02 Å². The van der Waals surface area contributed by atoms with E-state index < -0.39 is 10.0 Å². The summed E-state index contributed by atoms with van der Waals surface area (Å²) in [7, 11) is -2.02. The van der Waals surface area contributed by atoms with E-state index in [9.17, 15) is 13.2 Å². The lowest BCUT2D eigenvalue weighted by Crippen LogP contribution is -2.41. The van der Waals surface area contributed by atoms with E-state index in [0.717, 1.165) is 21.9 Å². The van der Waals surface area contributed by atoms with E-state index in [0.29, 0.717) is 29.2 Å². The molecule has 0 saturated carbocycles. The van der Waals surface area contributed by atoms with Crippen LogP contribution in [0.25, 0.3) is 0 Å². The molecule has 0 radical (unpaired) electrons. The topological polar surface area (TPSA) is 75.7 Å². The Hall–Kier alpha value is -2.25. The Bertz CT molecular complexity index is 898. The third kappa shape index (κ3) is 6.15. The van der Waals surface area contributed by atoms with E-state index in [4.69, 9.17) is 16.3 Å². The summed E-state index contributed by atoms with van der Waals surface area (Å²) < 4.78 is 30.5. The molecule has 0 bridgehead atoms. The Morgan fingerprint density at radius 1 is 1.19 bits per heavy atom. The minimum absolute atomic E-state index is 0.288. The molecule has 0 atom stereocenters. The number of hydrogen-bond acceptors (Lipinski definition) is 4. The molecule has 2 aromatic carbocycles. The van der Waals surface area contributed by atoms with Gasteiger partial charge in [0.05, 0.1) is 19.1 Å². The third-order valence-electron chi connectivity index (χ3n) is 4.01. The molecule has 0 aromatic heterocycles. The smallest absolute Gasteiger partial charge is 0.240 e. The Balaban J connectivity index is 1.99. The summed E-state index contributed by atoms with van der Waals surface area (Å²) in [6.45, 7) is 1.87. The number of nitrogens with zero attached hydrogens (tertiary/aromatic N) is 1. The summed E-state index contributed by atoms with van der Waals surface area (Å²) >= 11 is 5.93. The zero-order valence-electron chi connectivity index (χ0n) is 15.5. The number of ether oxygens (including phenoxy) is 1. The van der Waals surface area contributed by atoms with Crippen molar-refractivity contribution in [2.45, 2.75) is 13.3 Å². The van der Waals surface area contributed by atoms with E-state index in [2.05, 4.69) is 5.32 Å². The fraction of sp³-hybridized carbons (Fsp3) is 0.316. The van der Waals surface area contributed by atoms with Crippen LogP contribution in [-0.2, 0) is 21.2 Å². The number of anilines is 1. The second-order valence-corrected chi connectivity index (χ2v) is 8.49. The number of aryl methyl sites for hydroxylation is 1. The maximum atomic E-state index is 12.3. The number of rotatable bonds is 8. The van der Waals surface area contributed by atoms with Crippen molar-refractivity contribution in [1.82, 2.24) is 5.32 Å². The molecule has 0 spiro atoms. The van der Waals surface area contributed by atoms with Gasteiger partial charge in [0, 0.05) is 11.6 Å². The van der Waals surface area contributed by atoms with Gasteiger partial charge in [0.1, 0.15) is 12.3 Å². The van der Waals surface area contributed by atoms with Gasteiger partial charge in [0.15, 0.2) is 0 Å². The van der Waals surface area contributed by atoms with Crippen LogP contribution in [-0.4, -0.2) is 40.8 Å². The van der Waals surface area contributed by atoms with Gasteiger partial charge in [0.2, 0.25) is 15.9 Å². The highest BCUT2D eigenvalue weighted by Crippen LogP contribution is 2.25. The average Bonchev–Trinajstić information content (AvgIpc) is 2.60. The van der Waals surface area contributed by atoms with Gasteiger partial charge < -0.3 is 10.1 Å². The largest absolute Gasteiger partial charge is 0.497 e. The molecule has 146 valence electrons. The van der Waals surface area contributed by atoms with Crippen molar-refractivity contribution in [1.29, 1.82) is 0 Å². The molecular formula is C19H23ClN2O4S. The zero-order valence-corrected chi connectivity index (χ0v) is 17.1. The Morgan fingerprint density at radius 2 is 1.85 bits per heavy atom. The van der Waals surface area contributed by atoms with Crippen LogP contribution in [0.15, 0.2) is 42.5 Å². The van der Waals surface area contributed by atoms with E-state index in [1.54, 1.807) is 32.2 Å². The molecule has 8 heteroatoms. The average molecular weight is 411 g/mol. The number of carbonyl (C=O) groups excluding carboxylic acids is 1. The molecule has 0 aliphatic carbocycles. The van der Waals surface area contributed by atoms with E-state index in [1.165, 1.54) is 0 Å². The number of carbonyl (C=O) groups is 1. The second-order valence-electron chi connectivity index (χ2n) is 6.15. The van der Waals surface area contributed by atoms with Crippen LogP contribution in [0.5, 0.6) is 5.75 Å². The van der Waals surface area contributed by atoms with Crippen molar-refractivity contribution in [3.8, 4) is 5.75 Å². The molecule has 1 N–H and O–H groups in total. The molecule has 0 unspecified atom stereocenters. The highest BCUT2D eigenvalue weighted by atomic mass is 35.5. The van der Waals surface area contributed by atoms with E-state index in [-0.39, 0.29) is 12.5 Å². The number of hydrogen-bond donors (Lipinski definition) is 1. The van der Waals surface area contributed by atoms with Gasteiger partial charge in [-0.25, -0.2) is 8.42 Å². The maximum absolute atomic E-state index is 12.3. The van der Waals surface area contributed by atoms with Crippen LogP contribution in [0.3, 0.4) is 0 Å². The van der Waals surface area contributed by atoms with Crippen LogP contribution < -0.4 is 14.4 Å². The summed E-state index contributed by atoms with van der Waals surface area (Å²) in [6, 6.07) is 12.4. The first kappa shape index (κ1) is 21.1. The van der Waals surface area contributed by atoms with Gasteiger partial charge in [-0.05, 0) is 54.8 Å². The SMILES string of the molecule is COc1ccc(CCNC(=O)CN(c2ccc(Cl)cc2C)S(C)(=O)=O)cc1. The highest BCUT2D eigenvalue weighted by Gasteiger charge is 2.22. The maximum Gasteiger partial charge on any atom is 0.240 e. The highest BCUT2D eigenvalue weighted by molar-refractivity contribution is 7.92. The van der Waals surface area contributed by atoms with E-state index in [1.807, 2.05) is 24.3 Å². The summed E-state index contributed by atoms with van der Waals surface area (Å²) in [5, 5.41) is 3.27. The first-order valence-electron chi connectivity index (χ1n) is 8.34. The number of sulfonamides is 1. The van der Waals surface area contributed by atoms with Crippen molar-refractivity contribution in [3.63, 3.8) is 0 Å². The monoisotopic (exact) mass is 410 g/mol. The van der Waals surface area contributed by atoms with Crippen LogP contribution >= 0.6 is 11.6 Å². The number of nitrogens with one attached hydrogen (secondary N) is 1. The number of methoxy groups -OCH3 is 1. The van der Waals surface area contributed by atoms with Crippen molar-refractivity contribution in [3.05, 3.63) is 58.6 Å². The fourth-order valence-corrected chi connectivity index (χ4v) is 3.75. The van der Waals surface area contributed by atoms with Crippen molar-refractivity contribution in [2.75, 3.05) is 30.8 Å². The molecule has 6 nitrogen and oxygen atoms in total. The molecule has 0 aliphatic rings. The lowest BCUT2D eigenvalue weighted by atomic mass is 10.1. The van der Waals surface area contributed by atoms with Gasteiger partial charge in [-0.2, -0.15) is 0 Å². The Morgan fingerprint density at radius 3 is 2.41 bits per heavy atom. The molecule has 0 saturated heterocycles. The van der Waals surface area contributed by atoms with Crippen molar-refractivity contribution >= 4 is 33.2 Å². The van der Waals surface area contributed by atoms with Gasteiger partial charge in [-0.15, -0.1) is 0 Å². The van der Waals surface area contributed by atoms with Crippen LogP contribution in [0, 0.1) is 6.92 Å². The van der Waals surface area contributed by atoms with Crippen LogP contribution in [0.1, 0.15) is 11.1 Å². The minimum atomic E-state index is -3.62. The first-order valence-corrected chi connectivity index (χ1v) is 10.6. The zero-order chi connectivity index (χ0) is 20.0. The van der Waals surface area contributed by atoms with E-state index >= 15 is 0 Å². The standard InChI is InChI=1S/C19H23ClN2O4S/c1-14-12-16(20)6-9-18(14)22(27(3,24)25)13-19(23)21-11-10-15-4-7-17(26-2)8-5-15/h4-9,12H,10-11,13H2,1-3H3,(H,21,23). The number of amides is 1. The molecule has 27 heavy (non-hydrogen) atoms. The van der Waals surface area contributed by atoms with Gasteiger partial charge in [-0.1, -0.05) is 23.7 Å². The second kappa shape index (κ2) is 9.10. The molecule has 0 aliphatic heterocycles. The predicted octanol–water partition coefficient (Wildman–Crippen LogP) is 2.78. The van der Waals surface area contributed by atoms with Crippen molar-refractivity contribution < 1.29 is 17.9 Å². The molecule has 2 rings (SSSR count). The summed E-state index contributed by atoms with van der Waals surface area (Å²) in [5.74, 6) is 0.396. The molecule has 1 amide bonds. The van der Waals surface area contributed by atoms with Crippen LogP contribution in [0.4, 0.5) is 5.69 Å². The number of benzene rings is 2. The third-order valence-corrected chi connectivity index (χ3v) is 5.37. The van der Waals surface area contributed by atoms with Gasteiger partial charge in [0.25, 0.3) is 0 Å². The van der Waals surface area contributed by atoms with Gasteiger partial charge in [-0.3, -0.25) is 9.10 Å². The summed E-state index contributed by atoms with van der Waals surface area (Å²) in [5.41, 5.74) is 2.16. The molecule has 0 fully saturated rings. The summed E-state index contributed by atoms with van der Waals surface area (Å²) in [6.07, 6.45) is 1.71. The predicted molar refractivity (Wildman–Crippen MR) is 108 cm³/mol. The Kier molecular flexibility index (Phi) is 7.10. The molecule has 2 aromatic rings. The quantitative estimate of drug-likeness (QED) is 0.726. The minimum Gasteiger partial charge on any atom is -0.497 e. The molecular weight excluding hydrogens is 388 g/mol. The lowest BCUT2D eigenvalue weighted by Gasteiger charge is -2.23. The fourth-order valence-electron chi connectivity index (χ4n) is 2.60. The number of halogens is 1. The van der Waals surface area contributed by atoms with Gasteiger partial charge >= 0.3 is 0 Å². The lowest BCUT2D eigenvalue weighted by molar-refractivity contribution is -0.119. The molecule has 0 heterocycles. The summed E-state index contributed by atoms with van der Waals surface area (Å²) in [4.78, 5) is 12.3. The first-order chi connectivity index (χ1) is 12.7. The van der Waals surface area contributed by atoms with Crippen molar-refractivity contribution in [2.24, 2.45) is 0 Å².